The number of aromatic nitrogens is 2. The Bertz CT molecular complexity index is 567. The molecule has 1 N–H and O–H groups in total. The lowest BCUT2D eigenvalue weighted by Gasteiger charge is -2.25. The summed E-state index contributed by atoms with van der Waals surface area (Å²) in [6.45, 7) is 3.36. The fourth-order valence-electron chi connectivity index (χ4n) is 2.70. The van der Waals surface area contributed by atoms with E-state index in [1.54, 1.807) is 0 Å². The molecule has 3 nitrogen and oxygen atoms in total. The van der Waals surface area contributed by atoms with Gasteiger partial charge in [-0.3, -0.25) is 4.68 Å². The van der Waals surface area contributed by atoms with E-state index in [9.17, 15) is 0 Å². The maximum atomic E-state index is 6.08. The number of hydrogen-bond donors (Lipinski definition) is 1. The van der Waals surface area contributed by atoms with E-state index >= 15 is 0 Å². The van der Waals surface area contributed by atoms with Gasteiger partial charge < -0.3 is 5.32 Å². The predicted molar refractivity (Wildman–Crippen MR) is 70.3 cm³/mol. The molecule has 1 aliphatic heterocycles. The average Bonchev–Trinajstić information content (AvgIpc) is 2.86. The molecule has 1 aliphatic rings. The number of hydrogen-bond acceptors (Lipinski definition) is 2. The molecule has 0 aliphatic carbocycles. The molecule has 1 fully saturated rings. The summed E-state index contributed by atoms with van der Waals surface area (Å²) >= 11 is 6.08. The summed E-state index contributed by atoms with van der Waals surface area (Å²) in [5, 5.41) is 9.43. The molecule has 0 saturated carbocycles. The fraction of sp³-hybridized carbons (Fsp3) is 0.462. The molecule has 0 bridgehead atoms. The van der Waals surface area contributed by atoms with Crippen LogP contribution in [0.5, 0.6) is 0 Å². The van der Waals surface area contributed by atoms with Crippen LogP contribution < -0.4 is 5.32 Å². The molecule has 1 saturated heterocycles. The number of halogens is 1. The van der Waals surface area contributed by atoms with Gasteiger partial charge in [0.25, 0.3) is 0 Å². The zero-order valence-electron chi connectivity index (χ0n) is 10.1. The molecule has 3 rings (SSSR count). The SMILES string of the molecule is Cn1nc(Cl)c2ccc(C3(C)CCCN3)cc21. The highest BCUT2D eigenvalue weighted by atomic mass is 35.5. The van der Waals surface area contributed by atoms with Crippen molar-refractivity contribution in [1.82, 2.24) is 15.1 Å². The quantitative estimate of drug-likeness (QED) is 0.842. The maximum absolute atomic E-state index is 6.08. The van der Waals surface area contributed by atoms with Gasteiger partial charge in [0.2, 0.25) is 0 Å². The Labute approximate surface area is 106 Å². The van der Waals surface area contributed by atoms with Crippen LogP contribution in [0.25, 0.3) is 10.9 Å². The minimum absolute atomic E-state index is 0.102. The van der Waals surface area contributed by atoms with Crippen LogP contribution in [0.2, 0.25) is 5.15 Å². The number of rotatable bonds is 1. The fourth-order valence-corrected chi connectivity index (χ4v) is 2.97. The van der Waals surface area contributed by atoms with E-state index in [2.05, 4.69) is 35.5 Å². The maximum Gasteiger partial charge on any atom is 0.158 e. The lowest BCUT2D eigenvalue weighted by Crippen LogP contribution is -2.33. The zero-order chi connectivity index (χ0) is 12.0. The monoisotopic (exact) mass is 249 g/mol. The van der Waals surface area contributed by atoms with Crippen LogP contribution in [0, 0.1) is 0 Å². The molecule has 2 heterocycles. The molecule has 1 aromatic heterocycles. The van der Waals surface area contributed by atoms with Gasteiger partial charge in [-0.25, -0.2) is 0 Å². The van der Waals surface area contributed by atoms with E-state index in [4.69, 9.17) is 11.6 Å². The third-order valence-corrected chi connectivity index (χ3v) is 4.09. The molecular formula is C13H16ClN3. The van der Waals surface area contributed by atoms with Crippen LogP contribution in [0.1, 0.15) is 25.3 Å². The lowest BCUT2D eigenvalue weighted by atomic mass is 9.90. The third kappa shape index (κ3) is 1.65. The van der Waals surface area contributed by atoms with E-state index in [1.165, 1.54) is 18.4 Å². The molecular weight excluding hydrogens is 234 g/mol. The van der Waals surface area contributed by atoms with E-state index < -0.39 is 0 Å². The van der Waals surface area contributed by atoms with E-state index in [0.29, 0.717) is 5.15 Å². The third-order valence-electron chi connectivity index (χ3n) is 3.81. The van der Waals surface area contributed by atoms with Gasteiger partial charge in [0.1, 0.15) is 0 Å². The number of fused-ring (bicyclic) bond motifs is 1. The molecule has 1 unspecified atom stereocenters. The van der Waals surface area contributed by atoms with Gasteiger partial charge in [0, 0.05) is 18.0 Å². The van der Waals surface area contributed by atoms with Crippen LogP contribution in [-0.2, 0) is 12.6 Å². The molecule has 0 radical (unpaired) electrons. The van der Waals surface area contributed by atoms with Gasteiger partial charge in [-0.1, -0.05) is 17.7 Å². The van der Waals surface area contributed by atoms with Gasteiger partial charge in [-0.05, 0) is 44.0 Å². The first-order valence-electron chi connectivity index (χ1n) is 5.98. The van der Waals surface area contributed by atoms with Crippen LogP contribution in [-0.4, -0.2) is 16.3 Å². The van der Waals surface area contributed by atoms with E-state index in [-0.39, 0.29) is 5.54 Å². The molecule has 2 aromatic rings. The van der Waals surface area contributed by atoms with Crippen molar-refractivity contribution >= 4 is 22.5 Å². The van der Waals surface area contributed by atoms with Gasteiger partial charge in [-0.2, -0.15) is 5.10 Å². The Morgan fingerprint density at radius 2 is 2.29 bits per heavy atom. The zero-order valence-corrected chi connectivity index (χ0v) is 10.9. The van der Waals surface area contributed by atoms with Gasteiger partial charge in [-0.15, -0.1) is 0 Å². The molecule has 1 atom stereocenters. The van der Waals surface area contributed by atoms with Crippen LogP contribution in [0.3, 0.4) is 0 Å². The Morgan fingerprint density at radius 3 is 3.00 bits per heavy atom. The molecule has 0 amide bonds. The van der Waals surface area contributed by atoms with Crippen LogP contribution in [0.15, 0.2) is 18.2 Å². The summed E-state index contributed by atoms with van der Waals surface area (Å²) in [5.41, 5.74) is 2.52. The van der Waals surface area contributed by atoms with E-state index in [1.807, 2.05) is 11.7 Å². The Kier molecular flexibility index (Phi) is 2.42. The highest BCUT2D eigenvalue weighted by Gasteiger charge is 2.30. The average molecular weight is 250 g/mol. The lowest BCUT2D eigenvalue weighted by molar-refractivity contribution is 0.435. The normalized spacial score (nSPS) is 24.6. The van der Waals surface area contributed by atoms with Crippen molar-refractivity contribution in [2.24, 2.45) is 7.05 Å². The first kappa shape index (κ1) is 11.1. The number of aryl methyl sites for hydroxylation is 1. The number of nitrogens with zero attached hydrogens (tertiary/aromatic N) is 2. The van der Waals surface area contributed by atoms with Crippen LogP contribution >= 0.6 is 11.6 Å². The Hall–Kier alpha value is -1.06. The van der Waals surface area contributed by atoms with Crippen molar-refractivity contribution < 1.29 is 0 Å². The summed E-state index contributed by atoms with van der Waals surface area (Å²) in [4.78, 5) is 0. The van der Waals surface area contributed by atoms with Crippen molar-refractivity contribution in [2.75, 3.05) is 6.54 Å². The molecule has 17 heavy (non-hydrogen) atoms. The first-order chi connectivity index (χ1) is 8.10. The standard InChI is InChI=1S/C13H16ClN3/c1-13(6-3-7-15-13)9-4-5-10-11(8-9)17(2)16-12(10)14/h4-5,8,15H,3,6-7H2,1-2H3. The highest BCUT2D eigenvalue weighted by Crippen LogP contribution is 2.33. The second-order valence-electron chi connectivity index (χ2n) is 5.01. The Balaban J connectivity index is 2.16. The summed E-state index contributed by atoms with van der Waals surface area (Å²) in [5.74, 6) is 0. The van der Waals surface area contributed by atoms with Gasteiger partial charge in [0.15, 0.2) is 5.15 Å². The second-order valence-corrected chi connectivity index (χ2v) is 5.37. The van der Waals surface area contributed by atoms with Crippen molar-refractivity contribution in [3.05, 3.63) is 28.9 Å². The Morgan fingerprint density at radius 1 is 1.47 bits per heavy atom. The number of benzene rings is 1. The molecule has 90 valence electrons. The van der Waals surface area contributed by atoms with Crippen molar-refractivity contribution in [3.63, 3.8) is 0 Å². The smallest absolute Gasteiger partial charge is 0.158 e. The summed E-state index contributed by atoms with van der Waals surface area (Å²) in [6, 6.07) is 6.44. The highest BCUT2D eigenvalue weighted by molar-refractivity contribution is 6.34. The van der Waals surface area contributed by atoms with E-state index in [0.717, 1.165) is 17.4 Å². The summed E-state index contributed by atoms with van der Waals surface area (Å²) < 4.78 is 1.85. The first-order valence-corrected chi connectivity index (χ1v) is 6.36. The summed E-state index contributed by atoms with van der Waals surface area (Å²) in [7, 11) is 1.93. The number of nitrogens with one attached hydrogen (secondary N) is 1. The largest absolute Gasteiger partial charge is 0.308 e. The molecule has 4 heteroatoms. The minimum Gasteiger partial charge on any atom is -0.308 e. The second kappa shape index (κ2) is 3.72. The molecule has 1 aromatic carbocycles. The van der Waals surface area contributed by atoms with Gasteiger partial charge in [0.05, 0.1) is 5.52 Å². The van der Waals surface area contributed by atoms with Gasteiger partial charge >= 0.3 is 0 Å². The summed E-state index contributed by atoms with van der Waals surface area (Å²) in [6.07, 6.45) is 2.42. The van der Waals surface area contributed by atoms with Crippen molar-refractivity contribution in [1.29, 1.82) is 0 Å². The van der Waals surface area contributed by atoms with Crippen molar-refractivity contribution in [3.8, 4) is 0 Å². The predicted octanol–water partition coefficient (Wildman–Crippen LogP) is 2.83. The van der Waals surface area contributed by atoms with Crippen molar-refractivity contribution in [2.45, 2.75) is 25.3 Å². The molecule has 0 spiro atoms. The topological polar surface area (TPSA) is 29.9 Å². The van der Waals surface area contributed by atoms with Crippen LogP contribution in [0.4, 0.5) is 0 Å². The minimum atomic E-state index is 0.102.